The molecule has 0 amide bonds. The Balaban J connectivity index is 0.00000512. The van der Waals surface area contributed by atoms with Crippen molar-refractivity contribution < 1.29 is 56.8 Å². The van der Waals surface area contributed by atoms with Gasteiger partial charge in [0.15, 0.2) is 18.1 Å². The molecule has 0 radical (unpaired) electrons. The zero-order valence-electron chi connectivity index (χ0n) is 19.8. The Hall–Kier alpha value is -1.94. The second-order valence-electron chi connectivity index (χ2n) is 6.36. The first-order chi connectivity index (χ1) is 14.9. The van der Waals surface area contributed by atoms with Crippen LogP contribution in [0.2, 0.25) is 0 Å². The van der Waals surface area contributed by atoms with Gasteiger partial charge in [0, 0.05) is 37.7 Å². The van der Waals surface area contributed by atoms with Crippen LogP contribution < -0.4 is 47.8 Å². The van der Waals surface area contributed by atoms with Crippen molar-refractivity contribution in [3.8, 4) is 28.7 Å². The smallest absolute Gasteiger partial charge is 0.496 e. The minimum Gasteiger partial charge on any atom is -0.496 e. The summed E-state index contributed by atoms with van der Waals surface area (Å²) in [4.78, 5) is 13.3. The minimum absolute atomic E-state index is 0. The fourth-order valence-electron chi connectivity index (χ4n) is 2.66. The molecule has 2 aromatic rings. The van der Waals surface area contributed by atoms with Gasteiger partial charge in [-0.15, -0.1) is 0 Å². The largest absolute Gasteiger partial charge is 1.00 e. The average molecular weight is 459 g/mol. The Morgan fingerprint density at radius 2 is 1.28 bits per heavy atom. The summed E-state index contributed by atoms with van der Waals surface area (Å²) < 4.78 is 38.0. The predicted octanol–water partition coefficient (Wildman–Crippen LogP) is 0.603. The first kappa shape index (κ1) is 28.1. The average Bonchev–Trinajstić information content (AvgIpc) is 2.79. The van der Waals surface area contributed by atoms with E-state index in [1.807, 2.05) is 0 Å². The molecule has 0 heterocycles. The number of hydrogen-bond acceptors (Lipinski definition) is 8. The quantitative estimate of drug-likeness (QED) is 0.260. The molecule has 3 atom stereocenters. The number of benzene rings is 2. The number of ether oxygens (including phenoxy) is 7. The fourth-order valence-corrected chi connectivity index (χ4v) is 3.69. The molecule has 0 saturated heterocycles. The normalized spacial score (nSPS) is 12.6. The van der Waals surface area contributed by atoms with Crippen LogP contribution in [-0.4, -0.2) is 53.7 Å². The van der Waals surface area contributed by atoms with Crippen molar-refractivity contribution in [2.45, 2.75) is 26.4 Å². The van der Waals surface area contributed by atoms with Crippen molar-refractivity contribution in [2.75, 3.05) is 35.5 Å². The predicted molar refractivity (Wildman–Crippen MR) is 119 cm³/mol. The molecule has 0 spiro atoms. The van der Waals surface area contributed by atoms with Gasteiger partial charge in [0.25, 0.3) is 0 Å². The van der Waals surface area contributed by atoms with Crippen LogP contribution in [0.25, 0.3) is 0 Å². The van der Waals surface area contributed by atoms with E-state index in [0.29, 0.717) is 39.6 Å². The summed E-state index contributed by atoms with van der Waals surface area (Å²) in [6.45, 7) is 3.54. The fraction of sp³-hybridized carbons (Fsp3) is 0.409. The molecule has 0 saturated carbocycles. The van der Waals surface area contributed by atoms with Crippen molar-refractivity contribution in [3.63, 3.8) is 0 Å². The van der Waals surface area contributed by atoms with Crippen LogP contribution in [0.3, 0.4) is 0 Å². The second kappa shape index (κ2) is 13.6. The van der Waals surface area contributed by atoms with E-state index in [1.54, 1.807) is 51.3 Å². The summed E-state index contributed by atoms with van der Waals surface area (Å²) in [5.41, 5.74) is 0.161. The van der Waals surface area contributed by atoms with Gasteiger partial charge in [0.1, 0.15) is 34.3 Å². The zero-order valence-corrected chi connectivity index (χ0v) is 20.8. The molecule has 0 aliphatic rings. The molecule has 2 rings (SSSR count). The molecule has 8 nitrogen and oxygen atoms in total. The second-order valence-corrected chi connectivity index (χ2v) is 7.60. The summed E-state index contributed by atoms with van der Waals surface area (Å²) in [6.07, 6.45) is -0.950. The third-order valence-electron chi connectivity index (χ3n) is 4.40. The van der Waals surface area contributed by atoms with Gasteiger partial charge in [-0.3, -0.25) is 4.79 Å². The summed E-state index contributed by atoms with van der Waals surface area (Å²) in [7, 11) is 7.35. The molecular weight excluding hydrogens is 430 g/mol. The summed E-state index contributed by atoms with van der Waals surface area (Å²) in [5, 5.41) is 0.686. The van der Waals surface area contributed by atoms with Crippen molar-refractivity contribution >= 4 is 19.4 Å². The Labute approximate surface area is 202 Å². The Bertz CT molecular complexity index is 867. The third-order valence-corrected chi connectivity index (χ3v) is 5.56. The van der Waals surface area contributed by atoms with Gasteiger partial charge in [0.05, 0.1) is 21.3 Å². The maximum atomic E-state index is 13.3. The van der Waals surface area contributed by atoms with Crippen LogP contribution in [0.15, 0.2) is 30.3 Å². The van der Waals surface area contributed by atoms with Crippen LogP contribution >= 0.6 is 8.58 Å². The van der Waals surface area contributed by atoms with Crippen LogP contribution in [0, 0.1) is 0 Å². The third kappa shape index (κ3) is 7.30. The molecule has 0 fully saturated rings. The van der Waals surface area contributed by atoms with Gasteiger partial charge >= 0.3 is 18.9 Å². The van der Waals surface area contributed by atoms with E-state index in [9.17, 15) is 4.79 Å². The molecule has 0 aromatic heterocycles. The van der Waals surface area contributed by atoms with Gasteiger partial charge in [-0.1, -0.05) is 0 Å². The first-order valence-corrected chi connectivity index (χ1v) is 10.5. The monoisotopic (exact) mass is 459 g/mol. The number of carbonyl (C=O) groups is 1. The SMILES string of the molecule is COc1cc(OC)c(C(=O)Pc2ccc(OC(C)OC)cc2OC(C)OC)c(OC)c1.[Li+]. The Morgan fingerprint density at radius 1 is 0.750 bits per heavy atom. The van der Waals surface area contributed by atoms with Crippen molar-refractivity contribution in [2.24, 2.45) is 0 Å². The topological polar surface area (TPSA) is 81.7 Å². The van der Waals surface area contributed by atoms with E-state index in [1.165, 1.54) is 28.4 Å². The molecule has 0 aliphatic carbocycles. The van der Waals surface area contributed by atoms with E-state index < -0.39 is 12.6 Å². The summed E-state index contributed by atoms with van der Waals surface area (Å²) in [5.74, 6) is 2.30. The minimum atomic E-state index is -0.515. The van der Waals surface area contributed by atoms with Crippen molar-refractivity contribution in [1.29, 1.82) is 0 Å². The maximum absolute atomic E-state index is 13.3. The maximum Gasteiger partial charge on any atom is 1.00 e. The van der Waals surface area contributed by atoms with Gasteiger partial charge in [0.2, 0.25) is 0 Å². The first-order valence-electron chi connectivity index (χ1n) is 9.51. The van der Waals surface area contributed by atoms with Crippen LogP contribution in [0.1, 0.15) is 24.2 Å². The van der Waals surface area contributed by atoms with Crippen molar-refractivity contribution in [1.82, 2.24) is 0 Å². The van der Waals surface area contributed by atoms with E-state index in [2.05, 4.69) is 0 Å². The summed E-state index contributed by atoms with van der Waals surface area (Å²) >= 11 is 0. The molecular formula is C22H29LiO8P+. The number of hydrogen-bond donors (Lipinski definition) is 0. The van der Waals surface area contributed by atoms with E-state index >= 15 is 0 Å². The molecule has 0 bridgehead atoms. The zero-order chi connectivity index (χ0) is 23.0. The van der Waals surface area contributed by atoms with Crippen LogP contribution in [0.4, 0.5) is 0 Å². The molecule has 32 heavy (non-hydrogen) atoms. The molecule has 10 heteroatoms. The Morgan fingerprint density at radius 3 is 1.78 bits per heavy atom. The van der Waals surface area contributed by atoms with Crippen molar-refractivity contribution in [3.05, 3.63) is 35.9 Å². The van der Waals surface area contributed by atoms with Gasteiger partial charge in [-0.25, -0.2) is 0 Å². The van der Waals surface area contributed by atoms with E-state index in [4.69, 9.17) is 33.2 Å². The molecule has 2 aromatic carbocycles. The summed E-state index contributed by atoms with van der Waals surface area (Å²) in [6, 6.07) is 8.55. The number of methoxy groups -OCH3 is 5. The molecule has 0 aliphatic heterocycles. The Kier molecular flexibility index (Phi) is 11.9. The van der Waals surface area contributed by atoms with E-state index in [0.717, 1.165) is 0 Å². The van der Waals surface area contributed by atoms with E-state index in [-0.39, 0.29) is 33.0 Å². The van der Waals surface area contributed by atoms with Crippen LogP contribution in [-0.2, 0) is 9.47 Å². The number of rotatable bonds is 12. The van der Waals surface area contributed by atoms with Gasteiger partial charge in [-0.2, -0.15) is 0 Å². The molecule has 170 valence electrons. The molecule has 3 unspecified atom stereocenters. The van der Waals surface area contributed by atoms with Gasteiger partial charge in [-0.05, 0) is 34.6 Å². The molecule has 0 N–H and O–H groups in total. The number of carbonyl (C=O) groups excluding carboxylic acids is 1. The van der Waals surface area contributed by atoms with Gasteiger partial charge < -0.3 is 33.2 Å². The standard InChI is InChI=1S/C22H29O8P.Li/c1-13(24-3)29-15-8-9-20(17(10-15)30-14(2)25-4)31-22(23)21-18(27-6)11-16(26-5)12-19(21)28-7;/h8-14,31H,1-7H3;/q;+1. The van der Waals surface area contributed by atoms with Crippen LogP contribution in [0.5, 0.6) is 28.7 Å².